The summed E-state index contributed by atoms with van der Waals surface area (Å²) in [6, 6.07) is 12.4. The fraction of sp³-hybridized carbons (Fsp3) is 0.444. The van der Waals surface area contributed by atoms with Crippen LogP contribution >= 0.6 is 11.8 Å². The number of piperidine rings is 1. The number of hydrogen-bond acceptors (Lipinski definition) is 7. The summed E-state index contributed by atoms with van der Waals surface area (Å²) >= 11 is 1.95. The lowest BCUT2D eigenvalue weighted by molar-refractivity contribution is 0.107. The molecular weight excluding hydrogens is 590 g/mol. The van der Waals surface area contributed by atoms with Crippen molar-refractivity contribution in [3.8, 4) is 35.2 Å². The Morgan fingerprint density at radius 1 is 1.11 bits per heavy atom. The molecule has 4 atom stereocenters. The van der Waals surface area contributed by atoms with Gasteiger partial charge in [0, 0.05) is 53.2 Å². The van der Waals surface area contributed by atoms with E-state index in [0.717, 1.165) is 37.9 Å². The second-order valence-electron chi connectivity index (χ2n) is 13.3. The van der Waals surface area contributed by atoms with E-state index >= 15 is 4.39 Å². The summed E-state index contributed by atoms with van der Waals surface area (Å²) in [5.74, 6) is 3.99. The highest BCUT2D eigenvalue weighted by atomic mass is 32.2. The number of nitrogens with zero attached hydrogens (tertiary/aromatic N) is 4. The lowest BCUT2D eigenvalue weighted by Crippen LogP contribution is -2.44. The maximum atomic E-state index is 16.9. The molecule has 4 heterocycles. The molecule has 1 aromatic heterocycles. The molecule has 1 N–H and O–H groups in total. The van der Waals surface area contributed by atoms with Gasteiger partial charge in [0.25, 0.3) is 0 Å². The molecule has 3 aromatic carbocycles. The van der Waals surface area contributed by atoms with Crippen LogP contribution in [0.15, 0.2) is 42.5 Å². The summed E-state index contributed by atoms with van der Waals surface area (Å²) in [6.07, 6.45) is 11.8. The number of fused-ring (bicyclic) bond motifs is 5. The highest BCUT2D eigenvalue weighted by Crippen LogP contribution is 2.46. The van der Waals surface area contributed by atoms with Crippen molar-refractivity contribution in [3.05, 3.63) is 53.8 Å². The first kappa shape index (κ1) is 28.8. The second kappa shape index (κ2) is 11.0. The van der Waals surface area contributed by atoms with Gasteiger partial charge in [-0.3, -0.25) is 4.90 Å². The highest BCUT2D eigenvalue weighted by Gasteiger charge is 2.49. The minimum atomic E-state index is -0.875. The molecule has 1 aliphatic carbocycles. The van der Waals surface area contributed by atoms with Crippen LogP contribution in [0.4, 0.5) is 14.6 Å². The van der Waals surface area contributed by atoms with Crippen LogP contribution in [-0.2, 0) is 0 Å². The van der Waals surface area contributed by atoms with E-state index in [1.165, 1.54) is 12.8 Å². The Kier molecular flexibility index (Phi) is 7.07. The second-order valence-corrected chi connectivity index (χ2v) is 14.3. The minimum absolute atomic E-state index is 0.0220. The number of rotatable bonds is 6. The zero-order valence-electron chi connectivity index (χ0n) is 25.3. The predicted octanol–water partition coefficient (Wildman–Crippen LogP) is 6.81. The molecule has 3 aliphatic heterocycles. The fourth-order valence-electron chi connectivity index (χ4n) is 8.76. The largest absolute Gasteiger partial charge is 0.508 e. The summed E-state index contributed by atoms with van der Waals surface area (Å²) in [5.41, 5.74) is 1.20. The maximum absolute atomic E-state index is 16.9. The van der Waals surface area contributed by atoms with E-state index in [9.17, 15) is 9.50 Å². The summed E-state index contributed by atoms with van der Waals surface area (Å²) < 4.78 is 37.7. The SMILES string of the molecule is C#Cc1cccc2cc(O)cc(-c3ccc4c(N5CC6CCC(C5)C6SC)nc(OC[C@@]56CCCN5C[C@H](F)C6)nc4c3F)c12. The zero-order chi connectivity index (χ0) is 30.9. The number of ether oxygens (including phenoxy) is 1. The average molecular weight is 627 g/mol. The molecule has 8 rings (SSSR count). The van der Waals surface area contributed by atoms with Gasteiger partial charge in [0.15, 0.2) is 5.82 Å². The molecule has 1 saturated carbocycles. The third kappa shape index (κ3) is 4.71. The molecule has 232 valence electrons. The van der Waals surface area contributed by atoms with Crippen molar-refractivity contribution in [2.75, 3.05) is 43.9 Å². The predicted molar refractivity (Wildman–Crippen MR) is 176 cm³/mol. The van der Waals surface area contributed by atoms with Crippen LogP contribution in [0.5, 0.6) is 11.8 Å². The molecular formula is C36H36F2N4O2S. The van der Waals surface area contributed by atoms with Crippen LogP contribution < -0.4 is 9.64 Å². The van der Waals surface area contributed by atoms with Gasteiger partial charge in [0.05, 0.1) is 5.54 Å². The Hall–Kier alpha value is -3.61. The van der Waals surface area contributed by atoms with E-state index in [2.05, 4.69) is 27.0 Å². The maximum Gasteiger partial charge on any atom is 0.319 e. The first-order valence-electron chi connectivity index (χ1n) is 15.9. The van der Waals surface area contributed by atoms with E-state index in [1.807, 2.05) is 36.0 Å². The van der Waals surface area contributed by atoms with Crippen molar-refractivity contribution in [2.24, 2.45) is 11.8 Å². The van der Waals surface area contributed by atoms with Crippen molar-refractivity contribution < 1.29 is 18.6 Å². The Morgan fingerprint density at radius 3 is 2.71 bits per heavy atom. The van der Waals surface area contributed by atoms with E-state index in [4.69, 9.17) is 16.1 Å². The first-order chi connectivity index (χ1) is 21.9. The van der Waals surface area contributed by atoms with Gasteiger partial charge in [0.1, 0.15) is 29.9 Å². The molecule has 6 nitrogen and oxygen atoms in total. The van der Waals surface area contributed by atoms with Gasteiger partial charge in [-0.05, 0) is 85.5 Å². The number of aromatic hydroxyl groups is 1. The normalized spacial score (nSPS) is 27.7. The number of phenolic OH excluding ortho intramolecular Hbond substituents is 1. The third-order valence-electron chi connectivity index (χ3n) is 10.7. The molecule has 4 aromatic rings. The summed E-state index contributed by atoms with van der Waals surface area (Å²) in [6.45, 7) is 3.25. The van der Waals surface area contributed by atoms with Gasteiger partial charge in [-0.1, -0.05) is 24.1 Å². The monoisotopic (exact) mass is 626 g/mol. The number of alkyl halides is 1. The van der Waals surface area contributed by atoms with Crippen LogP contribution in [0, 0.1) is 30.0 Å². The lowest BCUT2D eigenvalue weighted by Gasteiger charge is -2.38. The molecule has 2 bridgehead atoms. The first-order valence-corrected chi connectivity index (χ1v) is 17.2. The fourth-order valence-corrected chi connectivity index (χ4v) is 9.98. The smallest absolute Gasteiger partial charge is 0.319 e. The number of halogens is 2. The number of anilines is 1. The molecule has 0 spiro atoms. The molecule has 4 fully saturated rings. The molecule has 0 amide bonds. The van der Waals surface area contributed by atoms with Crippen molar-refractivity contribution in [1.29, 1.82) is 0 Å². The van der Waals surface area contributed by atoms with Crippen LogP contribution in [-0.4, -0.2) is 76.0 Å². The summed E-state index contributed by atoms with van der Waals surface area (Å²) in [4.78, 5) is 14.1. The van der Waals surface area contributed by atoms with Gasteiger partial charge in [-0.25, -0.2) is 8.78 Å². The highest BCUT2D eigenvalue weighted by molar-refractivity contribution is 7.99. The number of aromatic nitrogens is 2. The Bertz CT molecular complexity index is 1850. The third-order valence-corrected chi connectivity index (χ3v) is 12.0. The molecule has 45 heavy (non-hydrogen) atoms. The number of terminal acetylenes is 1. The van der Waals surface area contributed by atoms with Crippen LogP contribution in [0.25, 0.3) is 32.8 Å². The molecule has 2 unspecified atom stereocenters. The number of hydrogen-bond donors (Lipinski definition) is 1. The number of benzene rings is 3. The van der Waals surface area contributed by atoms with Crippen LogP contribution in [0.2, 0.25) is 0 Å². The lowest BCUT2D eigenvalue weighted by atomic mass is 9.93. The van der Waals surface area contributed by atoms with Gasteiger partial charge < -0.3 is 14.7 Å². The van der Waals surface area contributed by atoms with E-state index in [-0.39, 0.29) is 29.4 Å². The van der Waals surface area contributed by atoms with Gasteiger partial charge in [-0.15, -0.1) is 6.42 Å². The van der Waals surface area contributed by atoms with E-state index < -0.39 is 12.0 Å². The van der Waals surface area contributed by atoms with E-state index in [0.29, 0.717) is 63.3 Å². The van der Waals surface area contributed by atoms with Crippen molar-refractivity contribution in [2.45, 2.75) is 49.1 Å². The van der Waals surface area contributed by atoms with Crippen molar-refractivity contribution in [1.82, 2.24) is 14.9 Å². The van der Waals surface area contributed by atoms with Crippen molar-refractivity contribution >= 4 is 39.3 Å². The summed E-state index contributed by atoms with van der Waals surface area (Å²) in [7, 11) is 0. The molecule has 0 radical (unpaired) electrons. The van der Waals surface area contributed by atoms with E-state index in [1.54, 1.807) is 18.2 Å². The Balaban J connectivity index is 1.26. The molecule has 4 aliphatic rings. The topological polar surface area (TPSA) is 61.7 Å². The van der Waals surface area contributed by atoms with Gasteiger partial charge in [0.2, 0.25) is 0 Å². The Labute approximate surface area is 266 Å². The average Bonchev–Trinajstić information content (AvgIpc) is 3.65. The number of thioether (sulfide) groups is 1. The molecule has 3 saturated heterocycles. The van der Waals surface area contributed by atoms with Gasteiger partial charge >= 0.3 is 6.01 Å². The minimum Gasteiger partial charge on any atom is -0.508 e. The molecule has 9 heteroatoms. The zero-order valence-corrected chi connectivity index (χ0v) is 26.1. The van der Waals surface area contributed by atoms with Gasteiger partial charge in [-0.2, -0.15) is 21.7 Å². The number of phenols is 1. The quantitative estimate of drug-likeness (QED) is 0.236. The standard InChI is InChI=1S/C36H36F2N4O2S/c1-3-21-6-4-7-22-14-26(43)15-29(30(21)22)27-10-11-28-32(31(27)38)39-35(44-20-36-12-5-13-42(36)19-25(37)16-36)40-34(28)41-17-23-8-9-24(18-41)33(23)45-2/h1,4,6-7,10-11,14-15,23-25,33,43H,5,8-9,12-13,16-20H2,2H3/t23?,24?,25-,33?,36+/m1/s1. The van der Waals surface area contributed by atoms with Crippen LogP contribution in [0.3, 0.4) is 0 Å². The summed E-state index contributed by atoms with van der Waals surface area (Å²) in [5, 5.41) is 13.3. The van der Waals surface area contributed by atoms with Crippen LogP contribution in [0.1, 0.15) is 37.7 Å². The Morgan fingerprint density at radius 2 is 1.93 bits per heavy atom. The van der Waals surface area contributed by atoms with Crippen molar-refractivity contribution in [3.63, 3.8) is 0 Å².